The highest BCUT2D eigenvalue weighted by Crippen LogP contribution is 2.26. The zero-order chi connectivity index (χ0) is 10.3. The van der Waals surface area contributed by atoms with Crippen molar-refractivity contribution in [2.45, 2.75) is 0 Å². The molecule has 0 aliphatic rings. The Bertz CT molecular complexity index is 560. The van der Waals surface area contributed by atoms with E-state index in [0.717, 1.165) is 5.52 Å². The van der Waals surface area contributed by atoms with Gasteiger partial charge in [0, 0.05) is 12.4 Å². The van der Waals surface area contributed by atoms with E-state index in [2.05, 4.69) is 0 Å². The second kappa shape index (κ2) is 3.27. The van der Waals surface area contributed by atoms with Crippen LogP contribution < -0.4 is 5.56 Å². The predicted molar refractivity (Wildman–Crippen MR) is 63.6 cm³/mol. The Hall–Kier alpha value is -1.04. The lowest BCUT2D eigenvalue weighted by Gasteiger charge is -2.07. The average Bonchev–Trinajstić information content (AvgIpc) is 2.23. The average molecular weight is 301 g/mol. The number of aromatic nitrogens is 1. The molecule has 0 radical (unpaired) electrons. The van der Waals surface area contributed by atoms with Crippen LogP contribution in [0.25, 0.3) is 10.9 Å². The second-order valence-electron chi connectivity index (χ2n) is 3.04. The normalized spacial score (nSPS) is 10.7. The third kappa shape index (κ3) is 1.21. The molecule has 0 unspecified atom stereocenters. The van der Waals surface area contributed by atoms with Gasteiger partial charge in [0.25, 0.3) is 5.56 Å². The van der Waals surface area contributed by atoms with E-state index >= 15 is 0 Å². The molecule has 1 heterocycles. The zero-order valence-corrected chi connectivity index (χ0v) is 9.65. The van der Waals surface area contributed by atoms with Crippen LogP contribution in [0.3, 0.4) is 0 Å². The molecule has 0 aliphatic carbocycles. The second-order valence-corrected chi connectivity index (χ2v) is 4.12. The minimum Gasteiger partial charge on any atom is -0.506 e. The van der Waals surface area contributed by atoms with E-state index in [-0.39, 0.29) is 11.3 Å². The van der Waals surface area contributed by atoms with E-state index < -0.39 is 0 Å². The molecule has 14 heavy (non-hydrogen) atoms. The smallest absolute Gasteiger partial charge is 0.268 e. The fraction of sp³-hybridized carbons (Fsp3) is 0.100. The van der Waals surface area contributed by atoms with Gasteiger partial charge in [0.1, 0.15) is 9.32 Å². The minimum atomic E-state index is -0.165. The summed E-state index contributed by atoms with van der Waals surface area (Å²) in [5, 5.41) is 10.5. The summed E-state index contributed by atoms with van der Waals surface area (Å²) in [4.78, 5) is 11.6. The first-order valence-corrected chi connectivity index (χ1v) is 5.17. The summed E-state index contributed by atoms with van der Waals surface area (Å²) in [6.07, 6.45) is 0. The fourth-order valence-corrected chi connectivity index (χ4v) is 2.09. The van der Waals surface area contributed by atoms with Gasteiger partial charge in [-0.05, 0) is 34.7 Å². The number of benzene rings is 1. The van der Waals surface area contributed by atoms with Crippen LogP contribution in [0.4, 0.5) is 0 Å². The molecule has 2 rings (SSSR count). The maximum Gasteiger partial charge on any atom is 0.268 e. The lowest BCUT2D eigenvalue weighted by atomic mass is 10.2. The summed E-state index contributed by atoms with van der Waals surface area (Å²) in [5.41, 5.74) is 0.581. The molecule has 0 spiro atoms. The standard InChI is InChI=1S/C10H8INO2/c1-12-7-5-3-2-4-6(7)9(13)8(11)10(12)14/h2-5,13H,1H3. The molecule has 4 heteroatoms. The van der Waals surface area contributed by atoms with Gasteiger partial charge in [0.2, 0.25) is 0 Å². The summed E-state index contributed by atoms with van der Waals surface area (Å²) in [5.74, 6) is 0.0734. The quantitative estimate of drug-likeness (QED) is 0.755. The molecule has 0 saturated heterocycles. The number of nitrogens with zero attached hydrogens (tertiary/aromatic N) is 1. The van der Waals surface area contributed by atoms with E-state index in [4.69, 9.17) is 0 Å². The summed E-state index contributed by atoms with van der Waals surface area (Å²) in [6, 6.07) is 7.29. The van der Waals surface area contributed by atoms with Crippen molar-refractivity contribution in [1.82, 2.24) is 4.57 Å². The summed E-state index contributed by atoms with van der Waals surface area (Å²) in [6.45, 7) is 0. The predicted octanol–water partition coefficient (Wildman–Crippen LogP) is 1.85. The lowest BCUT2D eigenvalue weighted by Crippen LogP contribution is -2.19. The maximum atomic E-state index is 11.6. The molecule has 1 aromatic carbocycles. The monoisotopic (exact) mass is 301 g/mol. The molecule has 0 atom stereocenters. The number of para-hydroxylation sites is 1. The Morgan fingerprint density at radius 2 is 2.00 bits per heavy atom. The lowest BCUT2D eigenvalue weighted by molar-refractivity contribution is 0.475. The molecular weight excluding hydrogens is 293 g/mol. The summed E-state index contributed by atoms with van der Waals surface area (Å²) in [7, 11) is 1.70. The molecule has 0 fully saturated rings. The molecular formula is C10H8INO2. The molecule has 1 aromatic heterocycles. The third-order valence-corrected chi connectivity index (χ3v) is 3.19. The maximum absolute atomic E-state index is 11.6. The van der Waals surface area contributed by atoms with E-state index in [1.165, 1.54) is 4.57 Å². The molecule has 72 valence electrons. The first kappa shape index (κ1) is 9.51. The number of hydrogen-bond acceptors (Lipinski definition) is 2. The van der Waals surface area contributed by atoms with Crippen LogP contribution >= 0.6 is 22.6 Å². The fourth-order valence-electron chi connectivity index (χ4n) is 1.44. The molecule has 0 aliphatic heterocycles. The molecule has 0 saturated carbocycles. The van der Waals surface area contributed by atoms with Crippen molar-refractivity contribution in [2.24, 2.45) is 7.05 Å². The van der Waals surface area contributed by atoms with Gasteiger partial charge in [-0.1, -0.05) is 12.1 Å². The number of pyridine rings is 1. The Balaban J connectivity index is 3.10. The number of aryl methyl sites for hydroxylation is 1. The third-order valence-electron chi connectivity index (χ3n) is 2.22. The number of aromatic hydroxyl groups is 1. The van der Waals surface area contributed by atoms with E-state index in [1.54, 1.807) is 13.1 Å². The van der Waals surface area contributed by atoms with E-state index in [9.17, 15) is 9.90 Å². The Morgan fingerprint density at radius 1 is 1.36 bits per heavy atom. The highest BCUT2D eigenvalue weighted by molar-refractivity contribution is 14.1. The van der Waals surface area contributed by atoms with Crippen molar-refractivity contribution in [3.63, 3.8) is 0 Å². The van der Waals surface area contributed by atoms with Crippen LogP contribution in [0.2, 0.25) is 0 Å². The SMILES string of the molecule is Cn1c(=O)c(I)c(O)c2ccccc21. The van der Waals surface area contributed by atoms with Gasteiger partial charge in [-0.3, -0.25) is 4.79 Å². The number of rotatable bonds is 0. The van der Waals surface area contributed by atoms with Crippen LogP contribution in [0.1, 0.15) is 0 Å². The first-order valence-electron chi connectivity index (χ1n) is 4.09. The summed E-state index contributed by atoms with van der Waals surface area (Å²) < 4.78 is 1.90. The van der Waals surface area contributed by atoms with Gasteiger partial charge in [-0.25, -0.2) is 0 Å². The minimum absolute atomic E-state index is 0.0734. The highest BCUT2D eigenvalue weighted by atomic mass is 127. The van der Waals surface area contributed by atoms with Gasteiger partial charge in [-0.15, -0.1) is 0 Å². The van der Waals surface area contributed by atoms with Crippen molar-refractivity contribution in [1.29, 1.82) is 0 Å². The van der Waals surface area contributed by atoms with Crippen LogP contribution in [0.15, 0.2) is 29.1 Å². The van der Waals surface area contributed by atoms with E-state index in [1.807, 2.05) is 40.8 Å². The van der Waals surface area contributed by atoms with Crippen molar-refractivity contribution in [3.8, 4) is 5.75 Å². The first-order chi connectivity index (χ1) is 6.63. The van der Waals surface area contributed by atoms with Crippen LogP contribution in [-0.2, 0) is 7.05 Å². The largest absolute Gasteiger partial charge is 0.506 e. The molecule has 2 aromatic rings. The number of fused-ring (bicyclic) bond motifs is 1. The van der Waals surface area contributed by atoms with Crippen molar-refractivity contribution in [2.75, 3.05) is 0 Å². The highest BCUT2D eigenvalue weighted by Gasteiger charge is 2.10. The van der Waals surface area contributed by atoms with Crippen molar-refractivity contribution >= 4 is 33.5 Å². The van der Waals surface area contributed by atoms with Crippen LogP contribution in [0, 0.1) is 3.57 Å². The van der Waals surface area contributed by atoms with Crippen molar-refractivity contribution < 1.29 is 5.11 Å². The Labute approximate surface area is 94.1 Å². The van der Waals surface area contributed by atoms with Gasteiger partial charge in [0.05, 0.1) is 5.52 Å². The van der Waals surface area contributed by atoms with Crippen LogP contribution in [-0.4, -0.2) is 9.67 Å². The number of halogens is 1. The van der Waals surface area contributed by atoms with E-state index in [0.29, 0.717) is 8.96 Å². The van der Waals surface area contributed by atoms with Crippen molar-refractivity contribution in [3.05, 3.63) is 38.2 Å². The molecule has 0 amide bonds. The van der Waals surface area contributed by atoms with Gasteiger partial charge >= 0.3 is 0 Å². The zero-order valence-electron chi connectivity index (χ0n) is 7.49. The molecule has 3 nitrogen and oxygen atoms in total. The topological polar surface area (TPSA) is 42.2 Å². The Morgan fingerprint density at radius 3 is 2.71 bits per heavy atom. The number of hydrogen-bond donors (Lipinski definition) is 1. The van der Waals surface area contributed by atoms with Gasteiger partial charge in [-0.2, -0.15) is 0 Å². The molecule has 0 bridgehead atoms. The summed E-state index contributed by atoms with van der Waals surface area (Å²) >= 11 is 1.86. The van der Waals surface area contributed by atoms with Gasteiger partial charge < -0.3 is 9.67 Å². The van der Waals surface area contributed by atoms with Crippen LogP contribution in [0.5, 0.6) is 5.75 Å². The molecule has 1 N–H and O–H groups in total. The Kier molecular flexibility index (Phi) is 2.22. The van der Waals surface area contributed by atoms with Gasteiger partial charge in [0.15, 0.2) is 0 Å².